The van der Waals surface area contributed by atoms with Crippen LogP contribution in [0, 0.1) is 0 Å². The van der Waals surface area contributed by atoms with Gasteiger partial charge in [-0.3, -0.25) is 0 Å². The third-order valence-corrected chi connectivity index (χ3v) is 3.22. The predicted octanol–water partition coefficient (Wildman–Crippen LogP) is 2.99. The van der Waals surface area contributed by atoms with Crippen molar-refractivity contribution in [2.45, 2.75) is 0 Å². The highest BCUT2D eigenvalue weighted by Crippen LogP contribution is 2.24. The zero-order valence-electron chi connectivity index (χ0n) is 7.89. The maximum atomic E-state index is 10.7. The van der Waals surface area contributed by atoms with Crippen molar-refractivity contribution >= 4 is 33.5 Å². The Morgan fingerprint density at radius 3 is 2.81 bits per heavy atom. The summed E-state index contributed by atoms with van der Waals surface area (Å²) in [6.45, 7) is 0. The predicted molar refractivity (Wildman–Crippen MR) is 63.2 cm³/mol. The Labute approximate surface area is 105 Å². The van der Waals surface area contributed by atoms with E-state index >= 15 is 0 Å². The first-order chi connectivity index (χ1) is 7.58. The number of hydrogen-bond acceptors (Lipinski definition) is 2. The molecule has 16 heavy (non-hydrogen) atoms. The molecule has 1 heterocycles. The molecule has 0 aliphatic heterocycles. The van der Waals surface area contributed by atoms with Gasteiger partial charge in [0.05, 0.1) is 5.02 Å². The molecule has 6 heteroatoms. The van der Waals surface area contributed by atoms with Gasteiger partial charge in [0.15, 0.2) is 5.69 Å². The van der Waals surface area contributed by atoms with Crippen LogP contribution in [0.5, 0.6) is 0 Å². The zero-order valence-corrected chi connectivity index (χ0v) is 10.2. The molecule has 1 aromatic carbocycles. The van der Waals surface area contributed by atoms with Crippen LogP contribution in [0.25, 0.3) is 5.69 Å². The molecular formula is C10H6BrClN2O2. The van der Waals surface area contributed by atoms with Gasteiger partial charge in [0, 0.05) is 16.4 Å². The van der Waals surface area contributed by atoms with Crippen molar-refractivity contribution in [1.29, 1.82) is 0 Å². The Bertz CT molecular complexity index is 554. The van der Waals surface area contributed by atoms with Crippen molar-refractivity contribution in [2.75, 3.05) is 0 Å². The van der Waals surface area contributed by atoms with Crippen molar-refractivity contribution in [1.82, 2.24) is 9.55 Å². The second-order valence-electron chi connectivity index (χ2n) is 3.07. The lowest BCUT2D eigenvalue weighted by molar-refractivity contribution is 0.0691. The smallest absolute Gasteiger partial charge is 0.356 e. The highest BCUT2D eigenvalue weighted by Gasteiger charge is 2.08. The summed E-state index contributed by atoms with van der Waals surface area (Å²) in [5.41, 5.74) is 0.794. The van der Waals surface area contributed by atoms with E-state index in [0.717, 1.165) is 10.2 Å². The van der Waals surface area contributed by atoms with Gasteiger partial charge in [-0.2, -0.15) is 0 Å². The van der Waals surface area contributed by atoms with Crippen molar-refractivity contribution in [2.24, 2.45) is 0 Å². The van der Waals surface area contributed by atoms with E-state index in [9.17, 15) is 4.79 Å². The monoisotopic (exact) mass is 300 g/mol. The Morgan fingerprint density at radius 2 is 2.25 bits per heavy atom. The molecule has 0 fully saturated rings. The molecule has 0 saturated carbocycles. The molecule has 2 rings (SSSR count). The van der Waals surface area contributed by atoms with E-state index in [-0.39, 0.29) is 5.69 Å². The van der Waals surface area contributed by atoms with Crippen LogP contribution >= 0.6 is 27.5 Å². The number of hydrogen-bond donors (Lipinski definition) is 1. The molecule has 2 aromatic rings. The molecule has 0 bridgehead atoms. The van der Waals surface area contributed by atoms with E-state index in [1.165, 1.54) is 12.5 Å². The topological polar surface area (TPSA) is 55.1 Å². The average Bonchev–Trinajstić information content (AvgIpc) is 2.71. The van der Waals surface area contributed by atoms with E-state index in [4.69, 9.17) is 16.7 Å². The number of benzene rings is 1. The molecule has 0 aliphatic carbocycles. The van der Waals surface area contributed by atoms with Gasteiger partial charge in [-0.05, 0) is 34.1 Å². The minimum absolute atomic E-state index is 0.00562. The SMILES string of the molecule is O=C(O)c1cn(-c2ccc(Cl)c(Br)c2)cn1. The quantitative estimate of drug-likeness (QED) is 0.927. The van der Waals surface area contributed by atoms with Crippen molar-refractivity contribution in [3.63, 3.8) is 0 Å². The van der Waals surface area contributed by atoms with Crippen molar-refractivity contribution in [3.8, 4) is 5.69 Å². The molecule has 0 spiro atoms. The summed E-state index contributed by atoms with van der Waals surface area (Å²) in [4.78, 5) is 14.4. The van der Waals surface area contributed by atoms with Gasteiger partial charge in [-0.25, -0.2) is 9.78 Å². The van der Waals surface area contributed by atoms with Gasteiger partial charge in [0.25, 0.3) is 0 Å². The van der Waals surface area contributed by atoms with E-state index in [1.807, 2.05) is 0 Å². The van der Waals surface area contributed by atoms with Gasteiger partial charge in [-0.1, -0.05) is 11.6 Å². The van der Waals surface area contributed by atoms with E-state index < -0.39 is 5.97 Å². The first-order valence-electron chi connectivity index (χ1n) is 4.30. The lowest BCUT2D eigenvalue weighted by Crippen LogP contribution is -1.95. The lowest BCUT2D eigenvalue weighted by atomic mass is 10.3. The summed E-state index contributed by atoms with van der Waals surface area (Å²) in [6.07, 6.45) is 2.89. The number of rotatable bonds is 2. The van der Waals surface area contributed by atoms with Gasteiger partial charge < -0.3 is 9.67 Å². The second kappa shape index (κ2) is 4.27. The standard InChI is InChI=1S/C10H6BrClN2O2/c11-7-3-6(1-2-8(7)12)14-4-9(10(15)16)13-5-14/h1-5H,(H,15,16). The van der Waals surface area contributed by atoms with Crippen molar-refractivity contribution in [3.05, 3.63) is 45.9 Å². The molecule has 0 saturated heterocycles. The Morgan fingerprint density at radius 1 is 1.50 bits per heavy atom. The number of carboxylic acid groups (broad SMARTS) is 1. The maximum absolute atomic E-state index is 10.7. The second-order valence-corrected chi connectivity index (χ2v) is 4.33. The first kappa shape index (κ1) is 11.2. The van der Waals surface area contributed by atoms with E-state index in [1.54, 1.807) is 22.8 Å². The van der Waals surface area contributed by atoms with Gasteiger partial charge in [0.2, 0.25) is 0 Å². The first-order valence-corrected chi connectivity index (χ1v) is 5.48. The third-order valence-electron chi connectivity index (χ3n) is 2.00. The summed E-state index contributed by atoms with van der Waals surface area (Å²) >= 11 is 9.15. The average molecular weight is 302 g/mol. The van der Waals surface area contributed by atoms with Gasteiger partial charge in [0.1, 0.15) is 6.33 Å². The summed E-state index contributed by atoms with van der Waals surface area (Å²) in [6, 6.07) is 5.29. The molecule has 0 radical (unpaired) electrons. The zero-order chi connectivity index (χ0) is 11.7. The molecule has 0 aliphatic rings. The molecule has 0 amide bonds. The van der Waals surface area contributed by atoms with Gasteiger partial charge in [-0.15, -0.1) is 0 Å². The van der Waals surface area contributed by atoms with Gasteiger partial charge >= 0.3 is 5.97 Å². The third kappa shape index (κ3) is 2.10. The largest absolute Gasteiger partial charge is 0.476 e. The number of carbonyl (C=O) groups is 1. The number of halogens is 2. The lowest BCUT2D eigenvalue weighted by Gasteiger charge is -2.03. The fourth-order valence-corrected chi connectivity index (χ4v) is 1.70. The van der Waals surface area contributed by atoms with Crippen LogP contribution in [-0.4, -0.2) is 20.6 Å². The number of nitrogens with zero attached hydrogens (tertiary/aromatic N) is 2. The molecule has 82 valence electrons. The number of imidazole rings is 1. The van der Waals surface area contributed by atoms with Crippen LogP contribution < -0.4 is 0 Å². The summed E-state index contributed by atoms with van der Waals surface area (Å²) in [5, 5.41) is 9.34. The Balaban J connectivity index is 2.42. The fourth-order valence-electron chi connectivity index (χ4n) is 1.22. The maximum Gasteiger partial charge on any atom is 0.356 e. The number of aromatic nitrogens is 2. The molecule has 4 nitrogen and oxygen atoms in total. The van der Waals surface area contributed by atoms with Crippen LogP contribution in [0.4, 0.5) is 0 Å². The molecule has 1 N–H and O–H groups in total. The normalized spacial score (nSPS) is 10.4. The summed E-state index contributed by atoms with van der Waals surface area (Å²) < 4.78 is 2.36. The summed E-state index contributed by atoms with van der Waals surface area (Å²) in [5.74, 6) is -1.05. The number of aromatic carboxylic acids is 1. The van der Waals surface area contributed by atoms with Crippen molar-refractivity contribution < 1.29 is 9.90 Å². The number of carboxylic acids is 1. The highest BCUT2D eigenvalue weighted by molar-refractivity contribution is 9.10. The molecule has 0 atom stereocenters. The highest BCUT2D eigenvalue weighted by atomic mass is 79.9. The van der Waals surface area contributed by atoms with E-state index in [2.05, 4.69) is 20.9 Å². The van der Waals surface area contributed by atoms with Crippen LogP contribution in [0.2, 0.25) is 5.02 Å². The minimum Gasteiger partial charge on any atom is -0.476 e. The Hall–Kier alpha value is -1.33. The molecular weight excluding hydrogens is 295 g/mol. The van der Waals surface area contributed by atoms with Crippen LogP contribution in [0.15, 0.2) is 35.2 Å². The fraction of sp³-hybridized carbons (Fsp3) is 0. The minimum atomic E-state index is -1.05. The van der Waals surface area contributed by atoms with Crippen LogP contribution in [0.1, 0.15) is 10.5 Å². The van der Waals surface area contributed by atoms with Crippen LogP contribution in [-0.2, 0) is 0 Å². The summed E-state index contributed by atoms with van der Waals surface area (Å²) in [7, 11) is 0. The van der Waals surface area contributed by atoms with Crippen LogP contribution in [0.3, 0.4) is 0 Å². The van der Waals surface area contributed by atoms with E-state index in [0.29, 0.717) is 5.02 Å². The molecule has 1 aromatic heterocycles. The molecule has 0 unspecified atom stereocenters. The Kier molecular flexibility index (Phi) is 2.98.